The van der Waals surface area contributed by atoms with Crippen molar-refractivity contribution in [1.29, 1.82) is 0 Å². The molecule has 1 aromatic heterocycles. The molecular weight excluding hydrogens is 658 g/mol. The summed E-state index contributed by atoms with van der Waals surface area (Å²) in [5.41, 5.74) is 2.10. The molecular formula is C36H41F4N5O3S. The topological polar surface area (TPSA) is 90.7 Å². The van der Waals surface area contributed by atoms with Crippen molar-refractivity contribution in [3.05, 3.63) is 83.4 Å². The summed E-state index contributed by atoms with van der Waals surface area (Å²) in [6.45, 7) is 2.92. The van der Waals surface area contributed by atoms with Crippen LogP contribution in [0.15, 0.2) is 65.6 Å². The van der Waals surface area contributed by atoms with E-state index >= 15 is 0 Å². The largest absolute Gasteiger partial charge is 0.481 e. The third-order valence-electron chi connectivity index (χ3n) is 9.25. The molecule has 2 N–H and O–H groups in total. The van der Waals surface area contributed by atoms with E-state index in [1.807, 2.05) is 59.4 Å². The Morgan fingerprint density at radius 1 is 1.06 bits per heavy atom. The summed E-state index contributed by atoms with van der Waals surface area (Å²) in [5.74, 6) is -4.68. The lowest BCUT2D eigenvalue weighted by molar-refractivity contribution is -0.148. The van der Waals surface area contributed by atoms with Gasteiger partial charge in [-0.25, -0.2) is 9.37 Å². The number of halogens is 4. The number of fused-ring (bicyclic) bond motifs is 1. The number of hydrogen-bond acceptors (Lipinski definition) is 5. The van der Waals surface area contributed by atoms with E-state index in [0.717, 1.165) is 52.0 Å². The Morgan fingerprint density at radius 3 is 2.39 bits per heavy atom. The maximum atomic E-state index is 14.5. The van der Waals surface area contributed by atoms with Crippen LogP contribution in [0.2, 0.25) is 0 Å². The molecule has 1 aliphatic carbocycles. The molecule has 13 heteroatoms. The number of nitrogens with zero attached hydrogens (tertiary/aromatic N) is 4. The Labute approximate surface area is 285 Å². The Kier molecular flexibility index (Phi) is 10.8. The fraction of sp³-hybridized carbons (Fsp3) is 0.389. The standard InChI is InChI=1S/C36H41F4N5O3S/c1-6-49(25-15-17-31-30(21-25)41-32(44(31)4)18-19-43(2)3)45(5)24-13-10-22(11-14-24)26-8-7-9-27(33(26)35(47)48)34(46)42-29-16-12-23(20-28(29)37)36(38,39)40/h6,10-17,20-21,26-27,33H,7-9,18-19H2,1-5H3,(H,42,46)(H,47,48)/t26-,27-,33-,49?/m1/s1. The lowest BCUT2D eigenvalue weighted by Gasteiger charge is -2.35. The number of carbonyl (C=O) groups excluding carboxylic acids is 1. The summed E-state index contributed by atoms with van der Waals surface area (Å²) in [6, 6.07) is 15.8. The highest BCUT2D eigenvalue weighted by Crippen LogP contribution is 2.43. The van der Waals surface area contributed by atoms with Gasteiger partial charge in [0.25, 0.3) is 0 Å². The number of rotatable bonds is 10. The van der Waals surface area contributed by atoms with Gasteiger partial charge < -0.3 is 24.2 Å². The van der Waals surface area contributed by atoms with Gasteiger partial charge in [-0.1, -0.05) is 29.2 Å². The predicted octanol–water partition coefficient (Wildman–Crippen LogP) is 7.56. The highest BCUT2D eigenvalue weighted by atomic mass is 32.2. The molecule has 49 heavy (non-hydrogen) atoms. The highest BCUT2D eigenvalue weighted by Gasteiger charge is 2.43. The second kappa shape index (κ2) is 14.7. The van der Waals surface area contributed by atoms with Crippen molar-refractivity contribution in [3.63, 3.8) is 0 Å². The Balaban J connectivity index is 1.33. The van der Waals surface area contributed by atoms with Gasteiger partial charge in [-0.3, -0.25) is 9.59 Å². The van der Waals surface area contributed by atoms with E-state index in [2.05, 4.69) is 42.7 Å². The Hall–Kier alpha value is -4.23. The van der Waals surface area contributed by atoms with E-state index in [-0.39, 0.29) is 6.42 Å². The van der Waals surface area contributed by atoms with Gasteiger partial charge in [0, 0.05) is 37.6 Å². The zero-order valence-electron chi connectivity index (χ0n) is 28.1. The van der Waals surface area contributed by atoms with Gasteiger partial charge in [0.05, 0.1) is 34.1 Å². The number of benzene rings is 3. The molecule has 8 nitrogen and oxygen atoms in total. The van der Waals surface area contributed by atoms with Crippen LogP contribution in [0.5, 0.6) is 0 Å². The zero-order chi connectivity index (χ0) is 35.6. The number of aryl methyl sites for hydroxylation is 1. The minimum atomic E-state index is -4.74. The predicted molar refractivity (Wildman–Crippen MR) is 187 cm³/mol. The molecule has 1 saturated carbocycles. The molecule has 1 unspecified atom stereocenters. The molecule has 1 fully saturated rings. The van der Waals surface area contributed by atoms with E-state index in [1.165, 1.54) is 0 Å². The first kappa shape index (κ1) is 36.1. The summed E-state index contributed by atoms with van der Waals surface area (Å²) in [4.78, 5) is 34.0. The molecule has 0 spiro atoms. The molecule has 5 rings (SSSR count). The molecule has 262 valence electrons. The van der Waals surface area contributed by atoms with E-state index in [0.29, 0.717) is 25.0 Å². The number of aliphatic carboxylic acids is 1. The van der Waals surface area contributed by atoms with Crippen molar-refractivity contribution in [2.75, 3.05) is 37.3 Å². The van der Waals surface area contributed by atoms with Gasteiger partial charge in [0.2, 0.25) is 5.91 Å². The van der Waals surface area contributed by atoms with E-state index < -0.39 is 63.5 Å². The molecule has 0 aliphatic heterocycles. The van der Waals surface area contributed by atoms with Crippen LogP contribution in [0, 0.1) is 17.7 Å². The number of alkyl halides is 3. The van der Waals surface area contributed by atoms with Gasteiger partial charge in [0.15, 0.2) is 0 Å². The minimum Gasteiger partial charge on any atom is -0.481 e. The number of hydrogen-bond donors (Lipinski definition) is 2. The summed E-state index contributed by atoms with van der Waals surface area (Å²) < 4.78 is 57.7. The van der Waals surface area contributed by atoms with Crippen LogP contribution in [-0.2, 0) is 29.2 Å². The number of nitrogens with one attached hydrogen (secondary N) is 1. The third kappa shape index (κ3) is 7.83. The molecule has 1 heterocycles. The molecule has 1 amide bonds. The zero-order valence-corrected chi connectivity index (χ0v) is 28.9. The lowest BCUT2D eigenvalue weighted by Crippen LogP contribution is -2.40. The average molecular weight is 700 g/mol. The molecule has 0 radical (unpaired) electrons. The third-order valence-corrected chi connectivity index (χ3v) is 11.2. The van der Waals surface area contributed by atoms with Crippen LogP contribution in [0.1, 0.15) is 49.1 Å². The number of likely N-dealkylation sites (N-methyl/N-ethyl adjacent to an activating group) is 1. The molecule has 0 saturated heterocycles. The van der Waals surface area contributed by atoms with Crippen LogP contribution in [-0.4, -0.2) is 64.5 Å². The van der Waals surface area contributed by atoms with Crippen LogP contribution in [0.3, 0.4) is 0 Å². The van der Waals surface area contributed by atoms with Crippen molar-refractivity contribution in [2.45, 2.75) is 49.6 Å². The van der Waals surface area contributed by atoms with Crippen LogP contribution < -0.4 is 9.62 Å². The Bertz CT molecular complexity index is 1870. The SMILES string of the molecule is C/C=S(/c1ccc2c(c1)nc(CCN(C)C)n2C)N(C)c1ccc([C@H]2CCC[C@@H](C(=O)Nc3ccc(C(F)(F)F)cc3F)[C@@H]2C(=O)O)cc1. The molecule has 4 atom stereocenters. The first-order chi connectivity index (χ1) is 23.2. The number of imidazole rings is 1. The smallest absolute Gasteiger partial charge is 0.416 e. The van der Waals surface area contributed by atoms with Crippen LogP contribution in [0.25, 0.3) is 11.0 Å². The van der Waals surface area contributed by atoms with E-state index in [4.69, 9.17) is 4.98 Å². The maximum absolute atomic E-state index is 14.5. The fourth-order valence-electron chi connectivity index (χ4n) is 6.63. The van der Waals surface area contributed by atoms with Crippen molar-refractivity contribution >= 4 is 50.3 Å². The van der Waals surface area contributed by atoms with Crippen LogP contribution in [0.4, 0.5) is 28.9 Å². The summed E-state index contributed by atoms with van der Waals surface area (Å²) >= 11 is 0. The number of anilines is 2. The van der Waals surface area contributed by atoms with Crippen LogP contribution >= 0.6 is 10.7 Å². The summed E-state index contributed by atoms with van der Waals surface area (Å²) in [6.07, 6.45) is -2.53. The van der Waals surface area contributed by atoms with Crippen molar-refractivity contribution in [3.8, 4) is 0 Å². The van der Waals surface area contributed by atoms with Crippen molar-refractivity contribution < 1.29 is 32.3 Å². The van der Waals surface area contributed by atoms with Gasteiger partial charge >= 0.3 is 12.1 Å². The number of carbonyl (C=O) groups is 2. The quantitative estimate of drug-likeness (QED) is 0.131. The van der Waals surface area contributed by atoms with Crippen molar-refractivity contribution in [2.24, 2.45) is 18.9 Å². The van der Waals surface area contributed by atoms with Gasteiger partial charge in [-0.15, -0.1) is 0 Å². The maximum Gasteiger partial charge on any atom is 0.416 e. The molecule has 1 aliphatic rings. The average Bonchev–Trinajstić information content (AvgIpc) is 3.38. The van der Waals surface area contributed by atoms with E-state index in [1.54, 1.807) is 0 Å². The second-order valence-corrected chi connectivity index (χ2v) is 14.7. The van der Waals surface area contributed by atoms with Gasteiger partial charge in [-0.2, -0.15) is 13.2 Å². The highest BCUT2D eigenvalue weighted by molar-refractivity contribution is 8.16. The first-order valence-electron chi connectivity index (χ1n) is 16.1. The molecule has 4 aromatic rings. The second-order valence-electron chi connectivity index (χ2n) is 12.6. The summed E-state index contributed by atoms with van der Waals surface area (Å²) in [5, 5.41) is 14.7. The van der Waals surface area contributed by atoms with Gasteiger partial charge in [-0.05, 0) is 99.2 Å². The van der Waals surface area contributed by atoms with Crippen molar-refractivity contribution in [1.82, 2.24) is 14.5 Å². The normalized spacial score (nSPS) is 18.9. The monoisotopic (exact) mass is 699 g/mol. The minimum absolute atomic E-state index is 0.259. The molecule has 3 aromatic carbocycles. The number of carboxylic acid groups (broad SMARTS) is 1. The lowest BCUT2D eigenvalue weighted by atomic mass is 9.69. The first-order valence-corrected chi connectivity index (χ1v) is 17.3. The number of amides is 1. The Morgan fingerprint density at radius 2 is 1.78 bits per heavy atom. The number of aromatic nitrogens is 2. The fourth-order valence-corrected chi connectivity index (χ4v) is 8.33. The molecule has 0 bridgehead atoms. The van der Waals surface area contributed by atoms with E-state index in [9.17, 15) is 32.3 Å². The summed E-state index contributed by atoms with van der Waals surface area (Å²) in [7, 11) is 7.71. The van der Waals surface area contributed by atoms with Gasteiger partial charge in [0.1, 0.15) is 11.6 Å². The number of carboxylic acids is 1.